The van der Waals surface area contributed by atoms with Crippen molar-refractivity contribution in [2.24, 2.45) is 0 Å². The maximum atomic E-state index is 13.5. The summed E-state index contributed by atoms with van der Waals surface area (Å²) in [4.78, 5) is 13.5. The number of hydrogen-bond donors (Lipinski definition) is 1. The molecule has 1 unspecified atom stereocenters. The fourth-order valence-electron chi connectivity index (χ4n) is 4.06. The van der Waals surface area contributed by atoms with E-state index in [1.165, 1.54) is 5.56 Å². The molecule has 1 N–H and O–H groups in total. The monoisotopic (exact) mass is 441 g/mol. The van der Waals surface area contributed by atoms with E-state index >= 15 is 0 Å². The van der Waals surface area contributed by atoms with Crippen molar-refractivity contribution < 1.29 is 14.3 Å². The van der Waals surface area contributed by atoms with Gasteiger partial charge in [-0.25, -0.2) is 0 Å². The molecule has 1 aliphatic rings. The Labute approximate surface area is 196 Å². The van der Waals surface area contributed by atoms with Crippen LogP contribution < -0.4 is 10.1 Å². The number of carbonyl (C=O) groups is 1. The summed E-state index contributed by atoms with van der Waals surface area (Å²) in [6, 6.07) is 25.9. The summed E-state index contributed by atoms with van der Waals surface area (Å²) in [6.45, 7) is 4.95. The first kappa shape index (κ1) is 22.8. The van der Waals surface area contributed by atoms with Crippen LogP contribution in [0.1, 0.15) is 42.0 Å². The van der Waals surface area contributed by atoms with E-state index in [0.717, 1.165) is 28.9 Å². The molecule has 0 spiro atoms. The number of esters is 1. The first-order valence-corrected chi connectivity index (χ1v) is 11.6. The molecular weight excluding hydrogens is 410 g/mol. The van der Waals surface area contributed by atoms with Crippen molar-refractivity contribution in [2.45, 2.75) is 38.3 Å². The Kier molecular flexibility index (Phi) is 7.59. The predicted molar refractivity (Wildman–Crippen MR) is 132 cm³/mol. The summed E-state index contributed by atoms with van der Waals surface area (Å²) in [5.74, 6) is 0.0668. The van der Waals surface area contributed by atoms with E-state index in [4.69, 9.17) is 9.47 Å². The maximum Gasteiger partial charge on any atom is 0.318 e. The Bertz CT molecular complexity index is 1040. The number of hydrogen-bond acceptors (Lipinski definition) is 4. The molecule has 0 amide bonds. The molecule has 4 heteroatoms. The van der Waals surface area contributed by atoms with Crippen LogP contribution in [-0.4, -0.2) is 31.3 Å². The molecule has 0 radical (unpaired) electrons. The Morgan fingerprint density at radius 2 is 1.58 bits per heavy atom. The fraction of sp³-hybridized carbons (Fsp3) is 0.276. The van der Waals surface area contributed by atoms with Gasteiger partial charge in [-0.3, -0.25) is 4.79 Å². The lowest BCUT2D eigenvalue weighted by atomic mass is 9.91. The van der Waals surface area contributed by atoms with Crippen LogP contribution in [0, 0.1) is 0 Å². The van der Waals surface area contributed by atoms with Gasteiger partial charge < -0.3 is 14.8 Å². The zero-order chi connectivity index (χ0) is 23.0. The highest BCUT2D eigenvalue weighted by Gasteiger charge is 2.27. The number of nitrogens with one attached hydrogen (secondary N) is 1. The van der Waals surface area contributed by atoms with Crippen LogP contribution in [0.2, 0.25) is 0 Å². The topological polar surface area (TPSA) is 47.6 Å². The quantitative estimate of drug-likeness (QED) is 0.429. The Hall–Kier alpha value is -3.37. The van der Waals surface area contributed by atoms with Gasteiger partial charge in [-0.1, -0.05) is 98.8 Å². The molecule has 0 saturated carbocycles. The maximum absolute atomic E-state index is 13.5. The first-order valence-electron chi connectivity index (χ1n) is 11.6. The van der Waals surface area contributed by atoms with Gasteiger partial charge in [-0.05, 0) is 29.2 Å². The number of allylic oxidation sites excluding steroid dienone is 1. The molecular formula is C29H31NO3. The van der Waals surface area contributed by atoms with Gasteiger partial charge in [0, 0.05) is 18.2 Å². The molecule has 1 aliphatic carbocycles. The van der Waals surface area contributed by atoms with Crippen molar-refractivity contribution in [2.75, 3.05) is 13.2 Å². The average Bonchev–Trinajstić information content (AvgIpc) is 3.32. The molecule has 0 bridgehead atoms. The van der Waals surface area contributed by atoms with Crippen LogP contribution in [0.3, 0.4) is 0 Å². The first-order chi connectivity index (χ1) is 16.1. The summed E-state index contributed by atoms with van der Waals surface area (Å²) in [5, 5.41) is 3.39. The van der Waals surface area contributed by atoms with Gasteiger partial charge in [0.1, 0.15) is 24.4 Å². The third-order valence-electron chi connectivity index (χ3n) is 5.74. The van der Waals surface area contributed by atoms with Gasteiger partial charge in [0.2, 0.25) is 0 Å². The van der Waals surface area contributed by atoms with Crippen molar-refractivity contribution in [1.29, 1.82) is 0 Å². The van der Waals surface area contributed by atoms with Crippen molar-refractivity contribution in [3.05, 3.63) is 107 Å². The molecule has 3 aromatic carbocycles. The van der Waals surface area contributed by atoms with E-state index in [2.05, 4.69) is 37.4 Å². The predicted octanol–water partition coefficient (Wildman–Crippen LogP) is 5.38. The number of fused-ring (bicyclic) bond motifs is 1. The molecule has 3 aromatic rings. The third kappa shape index (κ3) is 5.91. The van der Waals surface area contributed by atoms with Crippen LogP contribution in [0.15, 0.2) is 84.9 Å². The van der Waals surface area contributed by atoms with Gasteiger partial charge in [0.05, 0.1) is 0 Å². The highest BCUT2D eigenvalue weighted by Crippen LogP contribution is 2.30. The molecule has 1 atom stereocenters. The largest absolute Gasteiger partial charge is 0.489 e. The Balaban J connectivity index is 1.52. The zero-order valence-electron chi connectivity index (χ0n) is 19.2. The van der Waals surface area contributed by atoms with Gasteiger partial charge in [0.25, 0.3) is 0 Å². The molecule has 4 rings (SSSR count). The third-order valence-corrected chi connectivity index (χ3v) is 5.74. The highest BCUT2D eigenvalue weighted by atomic mass is 16.6. The summed E-state index contributed by atoms with van der Waals surface area (Å²) >= 11 is 0. The molecule has 0 aliphatic heterocycles. The lowest BCUT2D eigenvalue weighted by Gasteiger charge is -2.24. The number of benzene rings is 3. The van der Waals surface area contributed by atoms with Crippen LogP contribution in [0.25, 0.3) is 6.08 Å². The summed E-state index contributed by atoms with van der Waals surface area (Å²) in [6.07, 6.45) is 4.74. The lowest BCUT2D eigenvalue weighted by molar-refractivity contribution is -0.151. The van der Waals surface area contributed by atoms with E-state index in [1.807, 2.05) is 72.8 Å². The zero-order valence-corrected chi connectivity index (χ0v) is 19.2. The Morgan fingerprint density at radius 1 is 0.909 bits per heavy atom. The standard InChI is InChI=1S/C29H31NO3/c1-21(2)30-19-25(20-32-27-18-10-16-22-15-9-17-26(22)27)33-29(31)28(23-11-5-3-6-12-23)24-13-7-4-8-14-24/h3-14,16-18,21,25,28,30H,15,19-20H2,1-2H3. The van der Waals surface area contributed by atoms with Gasteiger partial charge >= 0.3 is 5.97 Å². The summed E-state index contributed by atoms with van der Waals surface area (Å²) in [5.41, 5.74) is 4.20. The summed E-state index contributed by atoms with van der Waals surface area (Å²) in [7, 11) is 0. The van der Waals surface area contributed by atoms with Gasteiger partial charge in [0.15, 0.2) is 0 Å². The van der Waals surface area contributed by atoms with Gasteiger partial charge in [-0.15, -0.1) is 0 Å². The average molecular weight is 442 g/mol. The van der Waals surface area contributed by atoms with Crippen LogP contribution in [0.4, 0.5) is 0 Å². The van der Waals surface area contributed by atoms with E-state index in [1.54, 1.807) is 0 Å². The Morgan fingerprint density at radius 3 is 2.21 bits per heavy atom. The molecule has 0 saturated heterocycles. The second-order valence-corrected chi connectivity index (χ2v) is 8.62. The van der Waals surface area contributed by atoms with Crippen LogP contribution in [0.5, 0.6) is 5.75 Å². The van der Waals surface area contributed by atoms with E-state index in [-0.39, 0.29) is 18.6 Å². The number of rotatable bonds is 10. The van der Waals surface area contributed by atoms with Crippen LogP contribution in [-0.2, 0) is 16.0 Å². The second kappa shape index (κ2) is 11.0. The minimum absolute atomic E-state index is 0.272. The highest BCUT2D eigenvalue weighted by molar-refractivity contribution is 5.82. The minimum atomic E-state index is -0.488. The molecule has 0 aromatic heterocycles. The molecule has 0 heterocycles. The van der Waals surface area contributed by atoms with Crippen molar-refractivity contribution >= 4 is 12.0 Å². The van der Waals surface area contributed by atoms with Crippen LogP contribution >= 0.6 is 0 Å². The van der Waals surface area contributed by atoms with Crippen molar-refractivity contribution in [1.82, 2.24) is 5.32 Å². The molecule has 4 nitrogen and oxygen atoms in total. The number of carbonyl (C=O) groups excluding carboxylic acids is 1. The van der Waals surface area contributed by atoms with Crippen molar-refractivity contribution in [3.63, 3.8) is 0 Å². The second-order valence-electron chi connectivity index (χ2n) is 8.62. The smallest absolute Gasteiger partial charge is 0.318 e. The normalized spacial score (nSPS) is 13.2. The van der Waals surface area contributed by atoms with E-state index in [9.17, 15) is 4.79 Å². The number of ether oxygens (including phenoxy) is 2. The molecule has 0 fully saturated rings. The van der Waals surface area contributed by atoms with E-state index < -0.39 is 12.0 Å². The molecule has 170 valence electrons. The molecule has 33 heavy (non-hydrogen) atoms. The van der Waals surface area contributed by atoms with E-state index in [0.29, 0.717) is 6.54 Å². The van der Waals surface area contributed by atoms with Crippen molar-refractivity contribution in [3.8, 4) is 5.75 Å². The fourth-order valence-corrected chi connectivity index (χ4v) is 4.06. The lowest BCUT2D eigenvalue weighted by Crippen LogP contribution is -2.39. The van der Waals surface area contributed by atoms with Gasteiger partial charge in [-0.2, -0.15) is 0 Å². The minimum Gasteiger partial charge on any atom is -0.489 e. The summed E-state index contributed by atoms with van der Waals surface area (Å²) < 4.78 is 12.2. The SMILES string of the molecule is CC(C)NCC(COc1cccc2c1C=CC2)OC(=O)C(c1ccccc1)c1ccccc1.